The van der Waals surface area contributed by atoms with Gasteiger partial charge in [0, 0.05) is 21.6 Å². The van der Waals surface area contributed by atoms with Crippen LogP contribution in [0.1, 0.15) is 16.7 Å². The standard InChI is InChI=1S/C23H21NOS/c1-17-8-9-18(2)22(16-17)26-21-13-11-20(12-14-21)24-23(25)15-10-19-6-4-3-5-7-19/h3-16H,1-2H3,(H,24,25)/b15-10+. The summed E-state index contributed by atoms with van der Waals surface area (Å²) in [6.45, 7) is 4.22. The lowest BCUT2D eigenvalue weighted by molar-refractivity contribution is -0.111. The lowest BCUT2D eigenvalue weighted by atomic mass is 10.2. The Labute approximate surface area is 159 Å². The highest BCUT2D eigenvalue weighted by atomic mass is 32.2. The average Bonchev–Trinajstić information content (AvgIpc) is 2.65. The number of benzene rings is 3. The Balaban J connectivity index is 1.61. The Kier molecular flexibility index (Phi) is 5.92. The summed E-state index contributed by atoms with van der Waals surface area (Å²) < 4.78 is 0. The summed E-state index contributed by atoms with van der Waals surface area (Å²) in [5.74, 6) is -0.135. The van der Waals surface area contributed by atoms with Gasteiger partial charge in [-0.15, -0.1) is 0 Å². The van der Waals surface area contributed by atoms with Crippen LogP contribution in [0.5, 0.6) is 0 Å². The van der Waals surface area contributed by atoms with Crippen LogP contribution in [0.25, 0.3) is 6.08 Å². The second-order valence-corrected chi connectivity index (χ2v) is 7.24. The van der Waals surface area contributed by atoms with Gasteiger partial charge < -0.3 is 5.32 Å². The third-order valence-corrected chi connectivity index (χ3v) is 5.09. The zero-order chi connectivity index (χ0) is 18.4. The van der Waals surface area contributed by atoms with E-state index in [4.69, 9.17) is 0 Å². The summed E-state index contributed by atoms with van der Waals surface area (Å²) in [6.07, 6.45) is 3.36. The topological polar surface area (TPSA) is 29.1 Å². The minimum atomic E-state index is -0.135. The molecule has 0 aliphatic carbocycles. The van der Waals surface area contributed by atoms with E-state index >= 15 is 0 Å². The molecule has 0 fully saturated rings. The van der Waals surface area contributed by atoms with Crippen LogP contribution in [-0.4, -0.2) is 5.91 Å². The first-order chi connectivity index (χ1) is 12.6. The molecular formula is C23H21NOS. The van der Waals surface area contributed by atoms with Crippen LogP contribution in [0.4, 0.5) is 5.69 Å². The summed E-state index contributed by atoms with van der Waals surface area (Å²) in [5.41, 5.74) is 4.32. The molecule has 130 valence electrons. The molecule has 0 aliphatic heterocycles. The third-order valence-electron chi connectivity index (χ3n) is 3.92. The fourth-order valence-electron chi connectivity index (χ4n) is 2.47. The van der Waals surface area contributed by atoms with Crippen LogP contribution in [0.2, 0.25) is 0 Å². The van der Waals surface area contributed by atoms with Crippen LogP contribution in [-0.2, 0) is 4.79 Å². The Bertz CT molecular complexity index is 915. The van der Waals surface area contributed by atoms with E-state index in [9.17, 15) is 4.79 Å². The molecule has 1 N–H and O–H groups in total. The van der Waals surface area contributed by atoms with E-state index in [1.807, 2.05) is 54.6 Å². The van der Waals surface area contributed by atoms with Crippen molar-refractivity contribution >= 4 is 29.4 Å². The molecule has 3 aromatic rings. The van der Waals surface area contributed by atoms with E-state index in [2.05, 4.69) is 37.4 Å². The second kappa shape index (κ2) is 8.54. The Morgan fingerprint density at radius 3 is 2.38 bits per heavy atom. The van der Waals surface area contributed by atoms with E-state index in [-0.39, 0.29) is 5.91 Å². The smallest absolute Gasteiger partial charge is 0.248 e. The number of hydrogen-bond donors (Lipinski definition) is 1. The van der Waals surface area contributed by atoms with Crippen molar-refractivity contribution in [3.8, 4) is 0 Å². The molecule has 2 nitrogen and oxygen atoms in total. The highest BCUT2D eigenvalue weighted by Crippen LogP contribution is 2.31. The normalized spacial score (nSPS) is 10.8. The maximum atomic E-state index is 12.0. The monoisotopic (exact) mass is 359 g/mol. The van der Waals surface area contributed by atoms with Crippen molar-refractivity contribution in [2.24, 2.45) is 0 Å². The lowest BCUT2D eigenvalue weighted by Crippen LogP contribution is -2.07. The highest BCUT2D eigenvalue weighted by molar-refractivity contribution is 7.99. The SMILES string of the molecule is Cc1ccc(C)c(Sc2ccc(NC(=O)/C=C/c3ccccc3)cc2)c1. The van der Waals surface area contributed by atoms with Crippen molar-refractivity contribution in [3.05, 3.63) is 95.6 Å². The van der Waals surface area contributed by atoms with E-state index in [0.29, 0.717) is 0 Å². The minimum Gasteiger partial charge on any atom is -0.323 e. The molecule has 3 rings (SSSR count). The summed E-state index contributed by atoms with van der Waals surface area (Å²) in [5, 5.41) is 2.89. The van der Waals surface area contributed by atoms with Crippen molar-refractivity contribution in [2.75, 3.05) is 5.32 Å². The molecule has 0 aliphatic rings. The molecular weight excluding hydrogens is 338 g/mol. The van der Waals surface area contributed by atoms with Gasteiger partial charge in [0.2, 0.25) is 5.91 Å². The van der Waals surface area contributed by atoms with Gasteiger partial charge in [-0.1, -0.05) is 54.2 Å². The predicted molar refractivity (Wildman–Crippen MR) is 111 cm³/mol. The molecule has 0 atom stereocenters. The Hall–Kier alpha value is -2.78. The number of amides is 1. The summed E-state index contributed by atoms with van der Waals surface area (Å²) in [7, 11) is 0. The van der Waals surface area contributed by atoms with E-state index in [1.54, 1.807) is 23.9 Å². The lowest BCUT2D eigenvalue weighted by Gasteiger charge is -2.08. The van der Waals surface area contributed by atoms with E-state index in [1.165, 1.54) is 16.0 Å². The molecule has 0 aromatic heterocycles. The molecule has 0 unspecified atom stereocenters. The van der Waals surface area contributed by atoms with Gasteiger partial charge in [-0.2, -0.15) is 0 Å². The number of carbonyl (C=O) groups excluding carboxylic acids is 1. The van der Waals surface area contributed by atoms with Crippen molar-refractivity contribution in [2.45, 2.75) is 23.6 Å². The highest BCUT2D eigenvalue weighted by Gasteiger charge is 2.03. The number of anilines is 1. The van der Waals surface area contributed by atoms with Crippen molar-refractivity contribution in [1.29, 1.82) is 0 Å². The molecule has 0 bridgehead atoms. The van der Waals surface area contributed by atoms with Crippen LogP contribution in [0.15, 0.2) is 88.7 Å². The van der Waals surface area contributed by atoms with Gasteiger partial charge in [0.25, 0.3) is 0 Å². The van der Waals surface area contributed by atoms with Gasteiger partial charge in [0.05, 0.1) is 0 Å². The molecule has 1 amide bonds. The van der Waals surface area contributed by atoms with Crippen molar-refractivity contribution in [1.82, 2.24) is 0 Å². The maximum absolute atomic E-state index is 12.0. The number of rotatable bonds is 5. The van der Waals surface area contributed by atoms with Gasteiger partial charge in [-0.3, -0.25) is 4.79 Å². The van der Waals surface area contributed by atoms with Crippen LogP contribution in [0, 0.1) is 13.8 Å². The summed E-state index contributed by atoms with van der Waals surface area (Å²) in [4.78, 5) is 14.4. The number of nitrogens with one attached hydrogen (secondary N) is 1. The Morgan fingerprint density at radius 2 is 1.65 bits per heavy atom. The van der Waals surface area contributed by atoms with Gasteiger partial charge in [-0.25, -0.2) is 0 Å². The predicted octanol–water partition coefficient (Wildman–Crippen LogP) is 6.11. The Morgan fingerprint density at radius 1 is 0.923 bits per heavy atom. The largest absolute Gasteiger partial charge is 0.323 e. The van der Waals surface area contributed by atoms with Gasteiger partial charge in [-0.05, 0) is 66.9 Å². The molecule has 0 saturated heterocycles. The zero-order valence-corrected chi connectivity index (χ0v) is 15.7. The van der Waals surface area contributed by atoms with E-state index < -0.39 is 0 Å². The first-order valence-corrected chi connectivity index (χ1v) is 9.31. The van der Waals surface area contributed by atoms with Crippen LogP contribution in [0.3, 0.4) is 0 Å². The van der Waals surface area contributed by atoms with Crippen LogP contribution >= 0.6 is 11.8 Å². The molecule has 0 heterocycles. The first kappa shape index (κ1) is 18.0. The molecule has 26 heavy (non-hydrogen) atoms. The molecule has 0 spiro atoms. The summed E-state index contributed by atoms with van der Waals surface area (Å²) >= 11 is 1.74. The molecule has 3 heteroatoms. The maximum Gasteiger partial charge on any atom is 0.248 e. The van der Waals surface area contributed by atoms with Crippen molar-refractivity contribution < 1.29 is 4.79 Å². The molecule has 0 radical (unpaired) electrons. The quantitative estimate of drug-likeness (QED) is 0.557. The first-order valence-electron chi connectivity index (χ1n) is 8.49. The third kappa shape index (κ3) is 5.11. The molecule has 0 saturated carbocycles. The zero-order valence-electron chi connectivity index (χ0n) is 14.9. The summed E-state index contributed by atoms with van der Waals surface area (Å²) in [6, 6.07) is 24.2. The van der Waals surface area contributed by atoms with Gasteiger partial charge in [0.1, 0.15) is 0 Å². The van der Waals surface area contributed by atoms with Crippen LogP contribution < -0.4 is 5.32 Å². The average molecular weight is 359 g/mol. The number of aryl methyl sites for hydroxylation is 2. The number of carbonyl (C=O) groups is 1. The van der Waals surface area contributed by atoms with Gasteiger partial charge >= 0.3 is 0 Å². The van der Waals surface area contributed by atoms with E-state index in [0.717, 1.165) is 16.1 Å². The number of hydrogen-bond acceptors (Lipinski definition) is 2. The minimum absolute atomic E-state index is 0.135. The van der Waals surface area contributed by atoms with Crippen molar-refractivity contribution in [3.63, 3.8) is 0 Å². The fourth-order valence-corrected chi connectivity index (χ4v) is 3.47. The second-order valence-electron chi connectivity index (χ2n) is 6.13. The van der Waals surface area contributed by atoms with Gasteiger partial charge in [0.15, 0.2) is 0 Å². The molecule has 3 aromatic carbocycles. The fraction of sp³-hybridized carbons (Fsp3) is 0.0870.